The Balaban J connectivity index is 1.43. The van der Waals surface area contributed by atoms with Gasteiger partial charge in [-0.1, -0.05) is 30.3 Å². The summed E-state index contributed by atoms with van der Waals surface area (Å²) in [5.74, 6) is -0.153. The molecule has 3 aromatic rings. The van der Waals surface area contributed by atoms with Crippen LogP contribution in [-0.4, -0.2) is 47.1 Å². The van der Waals surface area contributed by atoms with E-state index in [-0.39, 0.29) is 5.91 Å². The molecule has 1 fully saturated rings. The zero-order chi connectivity index (χ0) is 18.6. The molecule has 1 aromatic carbocycles. The lowest BCUT2D eigenvalue weighted by Crippen LogP contribution is -2.35. The molecule has 140 valence electrons. The fourth-order valence-electron chi connectivity index (χ4n) is 2.89. The van der Waals surface area contributed by atoms with Crippen molar-refractivity contribution < 1.29 is 9.53 Å². The van der Waals surface area contributed by atoms with Gasteiger partial charge in [-0.2, -0.15) is 0 Å². The molecule has 6 nitrogen and oxygen atoms in total. The third-order valence-corrected chi connectivity index (χ3v) is 6.30. The number of ether oxygens (including phenoxy) is 1. The summed E-state index contributed by atoms with van der Waals surface area (Å²) in [4.78, 5) is 24.7. The van der Waals surface area contributed by atoms with Crippen molar-refractivity contribution in [3.8, 4) is 10.6 Å². The first-order chi connectivity index (χ1) is 13.2. The first-order valence-electron chi connectivity index (χ1n) is 8.78. The van der Waals surface area contributed by atoms with Gasteiger partial charge in [-0.3, -0.25) is 15.0 Å². The number of aryl methyl sites for hydroxylation is 1. The topological polar surface area (TPSA) is 67.4 Å². The Bertz CT molecular complexity index is 917. The number of anilines is 1. The van der Waals surface area contributed by atoms with Gasteiger partial charge in [0.1, 0.15) is 9.88 Å². The normalized spacial score (nSPS) is 15.0. The molecule has 27 heavy (non-hydrogen) atoms. The number of carbonyl (C=O) groups excluding carboxylic acids is 1. The minimum atomic E-state index is -0.153. The Morgan fingerprint density at radius 3 is 2.78 bits per heavy atom. The van der Waals surface area contributed by atoms with Gasteiger partial charge in [0.25, 0.3) is 5.91 Å². The maximum absolute atomic E-state index is 12.7. The SMILES string of the molecule is Cc1nc(-c2ccccc2)sc1C(=O)Nc1nc(CN2CCOCC2)cs1. The zero-order valence-electron chi connectivity index (χ0n) is 15.0. The van der Waals surface area contributed by atoms with Crippen LogP contribution in [0.5, 0.6) is 0 Å². The molecule has 3 heterocycles. The number of benzene rings is 1. The van der Waals surface area contributed by atoms with Crippen LogP contribution in [0.2, 0.25) is 0 Å². The lowest BCUT2D eigenvalue weighted by atomic mass is 10.2. The van der Waals surface area contributed by atoms with Crippen molar-refractivity contribution in [3.63, 3.8) is 0 Å². The van der Waals surface area contributed by atoms with Crippen LogP contribution in [0, 0.1) is 6.92 Å². The van der Waals surface area contributed by atoms with Crippen molar-refractivity contribution in [2.24, 2.45) is 0 Å². The standard InChI is InChI=1S/C19H20N4O2S2/c1-13-16(27-18(20-13)14-5-3-2-4-6-14)17(24)22-19-21-15(12-26-19)11-23-7-9-25-10-8-23/h2-6,12H,7-11H2,1H3,(H,21,22,24). The lowest BCUT2D eigenvalue weighted by molar-refractivity contribution is 0.0337. The van der Waals surface area contributed by atoms with E-state index in [1.54, 1.807) is 0 Å². The number of hydrogen-bond donors (Lipinski definition) is 1. The molecule has 1 aliphatic heterocycles. The molecule has 8 heteroatoms. The van der Waals surface area contributed by atoms with Crippen molar-refractivity contribution in [1.82, 2.24) is 14.9 Å². The van der Waals surface area contributed by atoms with Gasteiger partial charge in [-0.05, 0) is 6.92 Å². The summed E-state index contributed by atoms with van der Waals surface area (Å²) in [7, 11) is 0. The van der Waals surface area contributed by atoms with E-state index in [0.717, 1.165) is 54.8 Å². The molecule has 1 saturated heterocycles. The van der Waals surface area contributed by atoms with Crippen LogP contribution < -0.4 is 5.32 Å². The third-order valence-electron chi connectivity index (χ3n) is 4.29. The predicted octanol–water partition coefficient (Wildman–Crippen LogP) is 3.66. The van der Waals surface area contributed by atoms with E-state index in [2.05, 4.69) is 20.2 Å². The quantitative estimate of drug-likeness (QED) is 0.708. The Morgan fingerprint density at radius 2 is 2.00 bits per heavy atom. The van der Waals surface area contributed by atoms with Crippen LogP contribution >= 0.6 is 22.7 Å². The number of nitrogens with zero attached hydrogens (tertiary/aromatic N) is 3. The van der Waals surface area contributed by atoms with Crippen LogP contribution in [0.4, 0.5) is 5.13 Å². The highest BCUT2D eigenvalue weighted by Gasteiger charge is 2.18. The summed E-state index contributed by atoms with van der Waals surface area (Å²) in [6, 6.07) is 9.90. The second kappa shape index (κ2) is 8.26. The lowest BCUT2D eigenvalue weighted by Gasteiger charge is -2.25. The third kappa shape index (κ3) is 4.41. The Labute approximate surface area is 165 Å². The minimum absolute atomic E-state index is 0.153. The van der Waals surface area contributed by atoms with E-state index >= 15 is 0 Å². The molecule has 0 unspecified atom stereocenters. The van der Waals surface area contributed by atoms with Crippen LogP contribution in [0.25, 0.3) is 10.6 Å². The van der Waals surface area contributed by atoms with Gasteiger partial charge in [0.05, 0.1) is 24.6 Å². The molecule has 0 aliphatic carbocycles. The smallest absolute Gasteiger partial charge is 0.269 e. The van der Waals surface area contributed by atoms with Gasteiger partial charge in [0.15, 0.2) is 5.13 Å². The largest absolute Gasteiger partial charge is 0.379 e. The zero-order valence-corrected chi connectivity index (χ0v) is 16.6. The summed E-state index contributed by atoms with van der Waals surface area (Å²) >= 11 is 2.86. The van der Waals surface area contributed by atoms with Gasteiger partial charge in [-0.15, -0.1) is 22.7 Å². The molecule has 0 saturated carbocycles. The van der Waals surface area contributed by atoms with E-state index in [0.29, 0.717) is 10.0 Å². The molecule has 0 atom stereocenters. The second-order valence-corrected chi connectivity index (χ2v) is 8.14. The molecular weight excluding hydrogens is 380 g/mol. The summed E-state index contributed by atoms with van der Waals surface area (Å²) in [5.41, 5.74) is 2.73. The molecule has 1 N–H and O–H groups in total. The highest BCUT2D eigenvalue weighted by atomic mass is 32.1. The molecular formula is C19H20N4O2S2. The summed E-state index contributed by atoms with van der Waals surface area (Å²) < 4.78 is 5.37. The van der Waals surface area contributed by atoms with E-state index in [1.165, 1.54) is 22.7 Å². The molecule has 2 aromatic heterocycles. The number of rotatable bonds is 5. The van der Waals surface area contributed by atoms with Gasteiger partial charge in [-0.25, -0.2) is 9.97 Å². The number of aromatic nitrogens is 2. The highest BCUT2D eigenvalue weighted by molar-refractivity contribution is 7.17. The molecule has 0 bridgehead atoms. The maximum Gasteiger partial charge on any atom is 0.269 e. The van der Waals surface area contributed by atoms with Crippen molar-refractivity contribution in [3.05, 3.63) is 52.0 Å². The highest BCUT2D eigenvalue weighted by Crippen LogP contribution is 2.28. The number of hydrogen-bond acceptors (Lipinski definition) is 7. The summed E-state index contributed by atoms with van der Waals surface area (Å²) in [6.45, 7) is 6.02. The molecule has 1 aliphatic rings. The number of carbonyl (C=O) groups is 1. The number of morpholine rings is 1. The molecule has 0 radical (unpaired) electrons. The van der Waals surface area contributed by atoms with Gasteiger partial charge in [0.2, 0.25) is 0 Å². The molecule has 1 amide bonds. The second-order valence-electron chi connectivity index (χ2n) is 6.29. The monoisotopic (exact) mass is 400 g/mol. The van der Waals surface area contributed by atoms with E-state index in [9.17, 15) is 4.79 Å². The minimum Gasteiger partial charge on any atom is -0.379 e. The first-order valence-corrected chi connectivity index (χ1v) is 10.5. The number of amides is 1. The predicted molar refractivity (Wildman–Crippen MR) is 108 cm³/mol. The van der Waals surface area contributed by atoms with Crippen LogP contribution in [0.15, 0.2) is 35.7 Å². The fraction of sp³-hybridized carbons (Fsp3) is 0.316. The van der Waals surface area contributed by atoms with Crippen LogP contribution in [-0.2, 0) is 11.3 Å². The number of thiazole rings is 2. The van der Waals surface area contributed by atoms with Gasteiger partial charge < -0.3 is 4.74 Å². The van der Waals surface area contributed by atoms with E-state index < -0.39 is 0 Å². The molecule has 4 rings (SSSR count). The van der Waals surface area contributed by atoms with Crippen molar-refractivity contribution >= 4 is 33.7 Å². The van der Waals surface area contributed by atoms with Crippen molar-refractivity contribution in [1.29, 1.82) is 0 Å². The summed E-state index contributed by atoms with van der Waals surface area (Å²) in [5, 5.41) is 6.39. The molecule has 0 spiro atoms. The Morgan fingerprint density at radius 1 is 1.22 bits per heavy atom. The van der Waals surface area contributed by atoms with Crippen LogP contribution in [0.1, 0.15) is 21.1 Å². The van der Waals surface area contributed by atoms with Crippen molar-refractivity contribution in [2.45, 2.75) is 13.5 Å². The number of nitrogens with one attached hydrogen (secondary N) is 1. The first kappa shape index (κ1) is 18.2. The van der Waals surface area contributed by atoms with Crippen molar-refractivity contribution in [2.75, 3.05) is 31.6 Å². The Kier molecular flexibility index (Phi) is 5.58. The van der Waals surface area contributed by atoms with E-state index in [4.69, 9.17) is 4.74 Å². The van der Waals surface area contributed by atoms with Gasteiger partial charge >= 0.3 is 0 Å². The van der Waals surface area contributed by atoms with E-state index in [1.807, 2.05) is 42.6 Å². The van der Waals surface area contributed by atoms with Crippen LogP contribution in [0.3, 0.4) is 0 Å². The fourth-order valence-corrected chi connectivity index (χ4v) is 4.55. The average Bonchev–Trinajstić information content (AvgIpc) is 3.29. The average molecular weight is 401 g/mol. The maximum atomic E-state index is 12.7. The van der Waals surface area contributed by atoms with Gasteiger partial charge in [0, 0.05) is 30.6 Å². The Hall–Kier alpha value is -2.13. The summed E-state index contributed by atoms with van der Waals surface area (Å²) in [6.07, 6.45) is 0.